The van der Waals surface area contributed by atoms with E-state index in [2.05, 4.69) is 57.9 Å². The van der Waals surface area contributed by atoms with Crippen molar-refractivity contribution in [2.24, 2.45) is 11.3 Å². The molecule has 1 unspecified atom stereocenters. The molecule has 1 saturated carbocycles. The minimum absolute atomic E-state index is 0.0137. The van der Waals surface area contributed by atoms with E-state index in [0.29, 0.717) is 89.8 Å². The topological polar surface area (TPSA) is 118 Å². The standard InChI is InChI=1S/C47H61F4N7O5Si/c1-29(2)64(30(3)4,31(5)6)19-14-38-39(48)11-8-32-20-37(63-28-61-7)21-33(40(32)38)22-57-27-52-41-42(57)53-44(56-23-35-9-10-36(24-56)58(35)45(59)60)54-43(41)62-26-46(15-16-46)25-55-17-12-34(13-18-55)47(49,50)51/h8,11,20-21,27,29-31,34-36H,9-10,12-13,15-18,22-26,28H2,1-7H3,(H,59,60)/t35-,36?/m0/s1. The van der Waals surface area contributed by atoms with Crippen LogP contribution in [0, 0.1) is 28.6 Å². The Morgan fingerprint density at radius 1 is 0.969 bits per heavy atom. The van der Waals surface area contributed by atoms with Gasteiger partial charge in [-0.15, -0.1) is 5.54 Å². The normalized spacial score (nSPS) is 20.5. The zero-order valence-electron chi connectivity index (χ0n) is 38.0. The number of anilines is 1. The van der Waals surface area contributed by atoms with Crippen LogP contribution in [0.25, 0.3) is 21.9 Å². The molecule has 8 rings (SSSR count). The summed E-state index contributed by atoms with van der Waals surface area (Å²) in [7, 11) is -0.702. The number of halogens is 4. The molecule has 12 nitrogen and oxygen atoms in total. The minimum atomic E-state index is -4.17. The number of aromatic nitrogens is 4. The molecule has 2 bridgehead atoms. The fourth-order valence-electron chi connectivity index (χ4n) is 11.0. The van der Waals surface area contributed by atoms with Gasteiger partial charge in [-0.25, -0.2) is 14.2 Å². The summed E-state index contributed by atoms with van der Waals surface area (Å²) in [6.07, 6.45) is 0.00920. The zero-order valence-corrected chi connectivity index (χ0v) is 39.0. The Morgan fingerprint density at radius 2 is 1.64 bits per heavy atom. The molecule has 2 aromatic heterocycles. The summed E-state index contributed by atoms with van der Waals surface area (Å²) in [4.78, 5) is 32.8. The number of piperazine rings is 1. The number of methoxy groups -OCH3 is 1. The number of amides is 1. The number of likely N-dealkylation sites (tertiary alicyclic amines) is 1. The Labute approximate surface area is 373 Å². The van der Waals surface area contributed by atoms with Crippen molar-refractivity contribution in [3.63, 3.8) is 0 Å². The lowest BCUT2D eigenvalue weighted by Crippen LogP contribution is -2.56. The molecule has 0 radical (unpaired) electrons. The Kier molecular flexibility index (Phi) is 12.9. The van der Waals surface area contributed by atoms with Gasteiger partial charge >= 0.3 is 12.3 Å². The minimum Gasteiger partial charge on any atom is -0.475 e. The Balaban J connectivity index is 1.18. The number of piperidine rings is 1. The molecule has 1 aliphatic carbocycles. The van der Waals surface area contributed by atoms with Gasteiger partial charge in [-0.05, 0) is 97.4 Å². The molecule has 1 N–H and O–H groups in total. The lowest BCUT2D eigenvalue weighted by atomic mass is 9.95. The highest BCUT2D eigenvalue weighted by atomic mass is 28.3. The Morgan fingerprint density at radius 3 is 2.23 bits per heavy atom. The average molecular weight is 908 g/mol. The maximum Gasteiger partial charge on any atom is 0.407 e. The van der Waals surface area contributed by atoms with Gasteiger partial charge in [-0.1, -0.05) is 53.5 Å². The van der Waals surface area contributed by atoms with E-state index in [9.17, 15) is 23.1 Å². The second-order valence-electron chi connectivity index (χ2n) is 19.5. The second kappa shape index (κ2) is 18.0. The van der Waals surface area contributed by atoms with Gasteiger partial charge < -0.3 is 33.7 Å². The third-order valence-corrected chi connectivity index (χ3v) is 20.9. The van der Waals surface area contributed by atoms with Gasteiger partial charge in [0, 0.05) is 37.5 Å². The van der Waals surface area contributed by atoms with E-state index >= 15 is 4.39 Å². The molecule has 64 heavy (non-hydrogen) atoms. The molecule has 2 aromatic carbocycles. The third kappa shape index (κ3) is 8.98. The van der Waals surface area contributed by atoms with Crippen molar-refractivity contribution < 1.29 is 41.7 Å². The molecule has 4 aromatic rings. The van der Waals surface area contributed by atoms with Gasteiger partial charge in [0.25, 0.3) is 0 Å². The number of carbonyl (C=O) groups is 1. The number of carboxylic acid groups (broad SMARTS) is 1. The summed E-state index contributed by atoms with van der Waals surface area (Å²) in [5, 5.41) is 11.4. The lowest BCUT2D eigenvalue weighted by molar-refractivity contribution is -0.185. The van der Waals surface area contributed by atoms with Crippen LogP contribution < -0.4 is 14.4 Å². The maximum absolute atomic E-state index is 16.3. The van der Waals surface area contributed by atoms with Crippen molar-refractivity contribution in [2.75, 3.05) is 58.1 Å². The van der Waals surface area contributed by atoms with Gasteiger partial charge in [0.05, 0.1) is 43.0 Å². The average Bonchev–Trinajstić information content (AvgIpc) is 3.79. The van der Waals surface area contributed by atoms with Crippen LogP contribution in [0.1, 0.15) is 91.2 Å². The summed E-state index contributed by atoms with van der Waals surface area (Å²) in [5.41, 5.74) is 6.54. The maximum atomic E-state index is 16.3. The molecule has 3 aliphatic heterocycles. The predicted octanol–water partition coefficient (Wildman–Crippen LogP) is 9.48. The summed E-state index contributed by atoms with van der Waals surface area (Å²) < 4.78 is 76.3. The number of fused-ring (bicyclic) bond motifs is 4. The molecule has 346 valence electrons. The van der Waals surface area contributed by atoms with Crippen molar-refractivity contribution in [1.82, 2.24) is 29.3 Å². The second-order valence-corrected chi connectivity index (χ2v) is 25.1. The van der Waals surface area contributed by atoms with Crippen LogP contribution >= 0.6 is 0 Å². The molecule has 17 heteroatoms. The van der Waals surface area contributed by atoms with Crippen LogP contribution in [-0.2, 0) is 11.3 Å². The number of rotatable bonds is 14. The molecule has 3 saturated heterocycles. The highest BCUT2D eigenvalue weighted by molar-refractivity contribution is 6.90. The Bertz CT molecular complexity index is 2390. The molecular formula is C47H61F4N7O5Si. The monoisotopic (exact) mass is 907 g/mol. The fraction of sp³-hybridized carbons (Fsp3) is 0.617. The highest BCUT2D eigenvalue weighted by Gasteiger charge is 2.48. The van der Waals surface area contributed by atoms with Gasteiger partial charge in [-0.3, -0.25) is 4.90 Å². The van der Waals surface area contributed by atoms with E-state index in [1.807, 2.05) is 21.6 Å². The van der Waals surface area contributed by atoms with Crippen LogP contribution in [0.4, 0.5) is 28.3 Å². The third-order valence-electron chi connectivity index (χ3n) is 14.6. The van der Waals surface area contributed by atoms with Gasteiger partial charge in [-0.2, -0.15) is 23.1 Å². The summed E-state index contributed by atoms with van der Waals surface area (Å²) in [6, 6.07) is 6.54. The summed E-state index contributed by atoms with van der Waals surface area (Å²) in [5.74, 6) is 2.96. The largest absolute Gasteiger partial charge is 0.475 e. The molecule has 4 aliphatic rings. The van der Waals surface area contributed by atoms with Gasteiger partial charge in [0.1, 0.15) is 19.6 Å². The number of imidazole rings is 1. The first kappa shape index (κ1) is 45.9. The number of benzene rings is 2. The summed E-state index contributed by atoms with van der Waals surface area (Å²) in [6.45, 7) is 16.2. The van der Waals surface area contributed by atoms with Crippen LogP contribution in [0.3, 0.4) is 0 Å². The van der Waals surface area contributed by atoms with Crippen molar-refractivity contribution in [1.29, 1.82) is 0 Å². The van der Waals surface area contributed by atoms with E-state index in [4.69, 9.17) is 29.2 Å². The summed E-state index contributed by atoms with van der Waals surface area (Å²) >= 11 is 0. The number of nitrogens with zero attached hydrogens (tertiary/aromatic N) is 7. The smallest absolute Gasteiger partial charge is 0.407 e. The van der Waals surface area contributed by atoms with Crippen molar-refractivity contribution in [3.05, 3.63) is 47.5 Å². The first-order chi connectivity index (χ1) is 30.4. The SMILES string of the molecule is COCOc1cc(Cn2cnc3c(OCC4(CN5CCC(C(F)(F)F)CC5)CC4)nc(N4CC5CC[C@@H](C4)N5C(=O)O)nc32)c2c(C#C[Si](C(C)C)(C(C)C)C(C)C)c(F)ccc2c1. The van der Waals surface area contributed by atoms with E-state index in [1.165, 1.54) is 6.07 Å². The molecule has 0 spiro atoms. The molecule has 1 amide bonds. The van der Waals surface area contributed by atoms with Crippen molar-refractivity contribution >= 4 is 42.1 Å². The van der Waals surface area contributed by atoms with E-state index in [0.717, 1.165) is 36.6 Å². The zero-order chi connectivity index (χ0) is 45.7. The van der Waals surface area contributed by atoms with Gasteiger partial charge in [0.15, 0.2) is 18.0 Å². The fourth-order valence-corrected chi connectivity index (χ4v) is 16.2. The van der Waals surface area contributed by atoms with E-state index < -0.39 is 32.1 Å². The number of ether oxygens (including phenoxy) is 3. The molecule has 4 fully saturated rings. The van der Waals surface area contributed by atoms with Crippen LogP contribution in [-0.4, -0.2) is 120 Å². The molecule has 5 heterocycles. The van der Waals surface area contributed by atoms with Crippen molar-refractivity contribution in [3.8, 4) is 23.1 Å². The molecular weight excluding hydrogens is 847 g/mol. The lowest BCUT2D eigenvalue weighted by Gasteiger charge is -2.39. The van der Waals surface area contributed by atoms with Crippen LogP contribution in [0.15, 0.2) is 30.6 Å². The number of hydrogen-bond acceptors (Lipinski definition) is 9. The number of hydrogen-bond donors (Lipinski definition) is 1. The Hall–Kier alpha value is -4.66. The first-order valence-electron chi connectivity index (χ1n) is 22.7. The quantitative estimate of drug-likeness (QED) is 0.0568. The predicted molar refractivity (Wildman–Crippen MR) is 240 cm³/mol. The highest BCUT2D eigenvalue weighted by Crippen LogP contribution is 2.48. The van der Waals surface area contributed by atoms with Crippen LogP contribution in [0.2, 0.25) is 16.6 Å². The van der Waals surface area contributed by atoms with E-state index in [1.54, 1.807) is 24.4 Å². The van der Waals surface area contributed by atoms with Crippen LogP contribution in [0.5, 0.6) is 11.6 Å². The molecule has 2 atom stereocenters. The number of alkyl halides is 3. The van der Waals surface area contributed by atoms with Gasteiger partial charge in [0.2, 0.25) is 11.8 Å². The first-order valence-corrected chi connectivity index (χ1v) is 25.0. The van der Waals surface area contributed by atoms with E-state index in [-0.39, 0.29) is 49.6 Å². The van der Waals surface area contributed by atoms with Crippen molar-refractivity contribution in [2.45, 2.75) is 121 Å².